The zero-order chi connectivity index (χ0) is 10.1. The molecule has 1 aromatic heterocycles. The highest BCUT2D eigenvalue weighted by Gasteiger charge is 2.29. The van der Waals surface area contributed by atoms with Crippen molar-refractivity contribution in [2.75, 3.05) is 0 Å². The normalized spacial score (nSPS) is 13.2. The van der Waals surface area contributed by atoms with Crippen molar-refractivity contribution >= 4 is 9.84 Å². The van der Waals surface area contributed by atoms with E-state index < -0.39 is 14.6 Å². The van der Waals surface area contributed by atoms with Crippen LogP contribution < -0.4 is 0 Å². The average molecular weight is 202 g/mol. The third-order valence-electron chi connectivity index (χ3n) is 1.87. The fourth-order valence-corrected chi connectivity index (χ4v) is 1.85. The van der Waals surface area contributed by atoms with Crippen molar-refractivity contribution in [2.45, 2.75) is 31.3 Å². The fraction of sp³-hybridized carbons (Fsp3) is 0.556. The van der Waals surface area contributed by atoms with Crippen LogP contribution in [0.1, 0.15) is 26.3 Å². The molecule has 0 aliphatic heterocycles. The molecule has 0 radical (unpaired) electrons. The average Bonchev–Trinajstić information content (AvgIpc) is 2.35. The minimum Gasteiger partial charge on any atom is -0.472 e. The van der Waals surface area contributed by atoms with Crippen LogP contribution in [0.5, 0.6) is 0 Å². The molecule has 0 saturated heterocycles. The van der Waals surface area contributed by atoms with Crippen LogP contribution in [0.25, 0.3) is 0 Å². The number of hydrogen-bond acceptors (Lipinski definition) is 3. The third-order valence-corrected chi connectivity index (χ3v) is 4.45. The van der Waals surface area contributed by atoms with Crippen LogP contribution in [0.4, 0.5) is 0 Å². The summed E-state index contributed by atoms with van der Waals surface area (Å²) in [6.07, 6.45) is 2.94. The van der Waals surface area contributed by atoms with Gasteiger partial charge in [0.1, 0.15) is 0 Å². The lowest BCUT2D eigenvalue weighted by molar-refractivity contribution is 0.554. The van der Waals surface area contributed by atoms with Gasteiger partial charge < -0.3 is 4.42 Å². The lowest BCUT2D eigenvalue weighted by Crippen LogP contribution is -2.29. The van der Waals surface area contributed by atoms with E-state index in [0.717, 1.165) is 0 Å². The number of sulfone groups is 1. The van der Waals surface area contributed by atoms with Gasteiger partial charge >= 0.3 is 0 Å². The van der Waals surface area contributed by atoms with Gasteiger partial charge in [0.05, 0.1) is 23.0 Å². The fourth-order valence-electron chi connectivity index (χ4n) is 0.811. The van der Waals surface area contributed by atoms with Crippen molar-refractivity contribution in [1.82, 2.24) is 0 Å². The highest BCUT2D eigenvalue weighted by Crippen LogP contribution is 2.20. The van der Waals surface area contributed by atoms with Crippen LogP contribution in [-0.2, 0) is 15.6 Å². The predicted molar refractivity (Wildman–Crippen MR) is 51.1 cm³/mol. The predicted octanol–water partition coefficient (Wildman–Crippen LogP) is 1.99. The number of furan rings is 1. The molecule has 13 heavy (non-hydrogen) atoms. The van der Waals surface area contributed by atoms with Crippen molar-refractivity contribution in [3.63, 3.8) is 0 Å². The van der Waals surface area contributed by atoms with Gasteiger partial charge in [0.2, 0.25) is 0 Å². The summed E-state index contributed by atoms with van der Waals surface area (Å²) in [5.41, 5.74) is 0.704. The van der Waals surface area contributed by atoms with Crippen molar-refractivity contribution in [3.05, 3.63) is 24.2 Å². The maximum atomic E-state index is 11.7. The molecule has 4 heteroatoms. The van der Waals surface area contributed by atoms with Crippen LogP contribution in [0, 0.1) is 0 Å². The molecule has 0 fully saturated rings. The monoisotopic (exact) mass is 202 g/mol. The van der Waals surface area contributed by atoms with Crippen LogP contribution in [0.15, 0.2) is 23.0 Å². The Bertz CT molecular complexity index is 354. The summed E-state index contributed by atoms with van der Waals surface area (Å²) in [6, 6.07) is 1.67. The molecule has 1 aromatic rings. The molecule has 0 amide bonds. The van der Waals surface area contributed by atoms with E-state index in [1.165, 1.54) is 12.5 Å². The van der Waals surface area contributed by atoms with E-state index in [1.54, 1.807) is 26.8 Å². The van der Waals surface area contributed by atoms with Crippen LogP contribution in [0.3, 0.4) is 0 Å². The summed E-state index contributed by atoms with van der Waals surface area (Å²) in [4.78, 5) is 0. The first-order chi connectivity index (χ1) is 5.83. The third kappa shape index (κ3) is 2.34. The van der Waals surface area contributed by atoms with Crippen molar-refractivity contribution in [3.8, 4) is 0 Å². The minimum atomic E-state index is -3.08. The SMILES string of the molecule is CC(C)(C)S(=O)(=O)Cc1ccoc1. The van der Waals surface area contributed by atoms with E-state index in [0.29, 0.717) is 5.56 Å². The van der Waals surface area contributed by atoms with E-state index in [2.05, 4.69) is 0 Å². The smallest absolute Gasteiger partial charge is 0.159 e. The van der Waals surface area contributed by atoms with Gasteiger partial charge in [-0.3, -0.25) is 0 Å². The Hall–Kier alpha value is -0.770. The van der Waals surface area contributed by atoms with Gasteiger partial charge in [-0.2, -0.15) is 0 Å². The second-order valence-electron chi connectivity index (χ2n) is 4.00. The molecule has 0 atom stereocenters. The summed E-state index contributed by atoms with van der Waals surface area (Å²) in [7, 11) is -3.08. The molecule has 0 saturated carbocycles. The maximum Gasteiger partial charge on any atom is 0.159 e. The van der Waals surface area contributed by atoms with E-state index in [9.17, 15) is 8.42 Å². The second-order valence-corrected chi connectivity index (χ2v) is 6.75. The molecule has 1 rings (SSSR count). The summed E-state index contributed by atoms with van der Waals surface area (Å²) in [5.74, 6) is 0.0486. The highest BCUT2D eigenvalue weighted by atomic mass is 32.2. The van der Waals surface area contributed by atoms with Gasteiger partial charge in [-0.25, -0.2) is 8.42 Å². The zero-order valence-electron chi connectivity index (χ0n) is 8.07. The first kappa shape index (κ1) is 10.3. The Morgan fingerprint density at radius 3 is 2.38 bits per heavy atom. The van der Waals surface area contributed by atoms with Gasteiger partial charge in [0.15, 0.2) is 9.84 Å². The minimum absolute atomic E-state index is 0.0486. The van der Waals surface area contributed by atoms with Crippen LogP contribution >= 0.6 is 0 Å². The Morgan fingerprint density at radius 1 is 1.38 bits per heavy atom. The molecule has 0 unspecified atom stereocenters. The van der Waals surface area contributed by atoms with Crippen molar-refractivity contribution in [1.29, 1.82) is 0 Å². The van der Waals surface area contributed by atoms with Gasteiger partial charge in [0.25, 0.3) is 0 Å². The first-order valence-corrected chi connectivity index (χ1v) is 5.71. The lowest BCUT2D eigenvalue weighted by Gasteiger charge is -2.18. The summed E-state index contributed by atoms with van der Waals surface area (Å²) < 4.78 is 27.5. The van der Waals surface area contributed by atoms with Gasteiger partial charge in [-0.1, -0.05) is 0 Å². The summed E-state index contributed by atoms with van der Waals surface area (Å²) >= 11 is 0. The molecule has 3 nitrogen and oxygen atoms in total. The standard InChI is InChI=1S/C9H14O3S/c1-9(2,3)13(10,11)7-8-4-5-12-6-8/h4-6H,7H2,1-3H3. The Morgan fingerprint density at radius 2 is 2.00 bits per heavy atom. The molecule has 74 valence electrons. The van der Waals surface area contributed by atoms with E-state index in [1.807, 2.05) is 0 Å². The molecule has 1 heterocycles. The number of hydrogen-bond donors (Lipinski definition) is 0. The van der Waals surface area contributed by atoms with Gasteiger partial charge in [-0.05, 0) is 26.8 Å². The molecular formula is C9H14O3S. The van der Waals surface area contributed by atoms with Gasteiger partial charge in [0, 0.05) is 5.56 Å². The molecule has 0 aliphatic rings. The maximum absolute atomic E-state index is 11.7. The molecule has 0 bridgehead atoms. The molecule has 0 aliphatic carbocycles. The van der Waals surface area contributed by atoms with E-state index in [4.69, 9.17) is 4.42 Å². The van der Waals surface area contributed by atoms with E-state index in [-0.39, 0.29) is 5.75 Å². The zero-order valence-corrected chi connectivity index (χ0v) is 8.89. The summed E-state index contributed by atoms with van der Waals surface area (Å²) in [5, 5.41) is 0. The number of rotatable bonds is 2. The molecule has 0 aromatic carbocycles. The Labute approximate surface area is 78.7 Å². The Kier molecular flexibility index (Phi) is 2.52. The van der Waals surface area contributed by atoms with Crippen molar-refractivity contribution in [2.24, 2.45) is 0 Å². The molecular weight excluding hydrogens is 188 g/mol. The highest BCUT2D eigenvalue weighted by molar-refractivity contribution is 7.91. The summed E-state index contributed by atoms with van der Waals surface area (Å²) in [6.45, 7) is 5.09. The largest absolute Gasteiger partial charge is 0.472 e. The molecule has 0 spiro atoms. The Balaban J connectivity index is 2.87. The van der Waals surface area contributed by atoms with Gasteiger partial charge in [-0.15, -0.1) is 0 Å². The van der Waals surface area contributed by atoms with Crippen molar-refractivity contribution < 1.29 is 12.8 Å². The topological polar surface area (TPSA) is 47.3 Å². The molecule has 0 N–H and O–H groups in total. The van der Waals surface area contributed by atoms with Crippen LogP contribution in [0.2, 0.25) is 0 Å². The van der Waals surface area contributed by atoms with Crippen LogP contribution in [-0.4, -0.2) is 13.2 Å². The second kappa shape index (κ2) is 3.18. The first-order valence-electron chi connectivity index (χ1n) is 4.06. The quantitative estimate of drug-likeness (QED) is 0.736. The van der Waals surface area contributed by atoms with E-state index >= 15 is 0 Å². The lowest BCUT2D eigenvalue weighted by atomic mass is 10.3.